The average Bonchev–Trinajstić information content (AvgIpc) is 2.53. The number of unbranched alkanes of at least 4 members (excludes halogenated alkanes) is 6. The van der Waals surface area contributed by atoms with E-state index in [-0.39, 0.29) is 11.5 Å². The molecule has 0 bridgehead atoms. The number of rotatable bonds is 17. The van der Waals surface area contributed by atoms with E-state index in [0.29, 0.717) is 6.04 Å². The molecule has 0 aromatic heterocycles. The standard InChI is InChI=1S/C21H44ClNO/c1-5-8-9-10-11-12-13-14-20(22)18-21(17-19(4)24)23(15-6-2)16-7-3/h19-21,24H,5-18H2,1-4H3. The summed E-state index contributed by atoms with van der Waals surface area (Å²) in [6.07, 6.45) is 14.5. The van der Waals surface area contributed by atoms with Crippen molar-refractivity contribution in [3.63, 3.8) is 0 Å². The lowest BCUT2D eigenvalue weighted by Crippen LogP contribution is -2.40. The van der Waals surface area contributed by atoms with Gasteiger partial charge >= 0.3 is 0 Å². The van der Waals surface area contributed by atoms with Crippen LogP contribution >= 0.6 is 11.6 Å². The molecule has 0 amide bonds. The Morgan fingerprint density at radius 3 is 1.83 bits per heavy atom. The second kappa shape index (κ2) is 16.7. The molecule has 0 aliphatic heterocycles. The van der Waals surface area contributed by atoms with Gasteiger partial charge in [-0.3, -0.25) is 0 Å². The van der Waals surface area contributed by atoms with Crippen LogP contribution in [0.1, 0.15) is 105 Å². The highest BCUT2D eigenvalue weighted by molar-refractivity contribution is 6.20. The van der Waals surface area contributed by atoms with Gasteiger partial charge in [-0.1, -0.05) is 65.7 Å². The Morgan fingerprint density at radius 2 is 1.33 bits per heavy atom. The van der Waals surface area contributed by atoms with Crippen LogP contribution in [0.4, 0.5) is 0 Å². The first kappa shape index (κ1) is 24.2. The van der Waals surface area contributed by atoms with Gasteiger partial charge in [-0.05, 0) is 52.1 Å². The van der Waals surface area contributed by atoms with Crippen molar-refractivity contribution in [3.05, 3.63) is 0 Å². The summed E-state index contributed by atoms with van der Waals surface area (Å²) in [6, 6.07) is 0.428. The number of aliphatic hydroxyl groups excluding tert-OH is 1. The van der Waals surface area contributed by atoms with Gasteiger partial charge in [-0.15, -0.1) is 11.6 Å². The molecule has 0 radical (unpaired) electrons. The van der Waals surface area contributed by atoms with Crippen LogP contribution < -0.4 is 0 Å². The van der Waals surface area contributed by atoms with Crippen LogP contribution in [-0.4, -0.2) is 40.6 Å². The molecule has 0 rings (SSSR count). The topological polar surface area (TPSA) is 23.5 Å². The summed E-state index contributed by atoms with van der Waals surface area (Å²) in [7, 11) is 0. The molecule has 0 heterocycles. The van der Waals surface area contributed by atoms with Crippen LogP contribution in [0.5, 0.6) is 0 Å². The molecule has 0 aliphatic rings. The fourth-order valence-electron chi connectivity index (χ4n) is 3.58. The van der Waals surface area contributed by atoms with Gasteiger partial charge in [0.25, 0.3) is 0 Å². The zero-order valence-electron chi connectivity index (χ0n) is 16.9. The van der Waals surface area contributed by atoms with Gasteiger partial charge in [-0.25, -0.2) is 0 Å². The van der Waals surface area contributed by atoms with E-state index in [0.717, 1.165) is 32.4 Å². The first-order valence-electron chi connectivity index (χ1n) is 10.6. The summed E-state index contributed by atoms with van der Waals surface area (Å²) in [5.41, 5.74) is 0. The van der Waals surface area contributed by atoms with Crippen LogP contribution in [0.2, 0.25) is 0 Å². The third-order valence-corrected chi connectivity index (χ3v) is 5.20. The quantitative estimate of drug-likeness (QED) is 0.240. The van der Waals surface area contributed by atoms with Crippen LogP contribution in [0.3, 0.4) is 0 Å². The number of aliphatic hydroxyl groups is 1. The average molecular weight is 362 g/mol. The predicted molar refractivity (Wildman–Crippen MR) is 109 cm³/mol. The molecule has 3 atom stereocenters. The third-order valence-electron chi connectivity index (χ3n) is 4.80. The minimum atomic E-state index is -0.242. The van der Waals surface area contributed by atoms with Crippen molar-refractivity contribution in [2.45, 2.75) is 122 Å². The number of nitrogens with zero attached hydrogens (tertiary/aromatic N) is 1. The van der Waals surface area contributed by atoms with E-state index in [1.807, 2.05) is 6.92 Å². The highest BCUT2D eigenvalue weighted by Crippen LogP contribution is 2.22. The number of halogens is 1. The van der Waals surface area contributed by atoms with E-state index in [9.17, 15) is 5.11 Å². The summed E-state index contributed by atoms with van der Waals surface area (Å²) in [5.74, 6) is 0. The molecule has 3 unspecified atom stereocenters. The lowest BCUT2D eigenvalue weighted by Gasteiger charge is -2.33. The third kappa shape index (κ3) is 13.5. The van der Waals surface area contributed by atoms with Crippen molar-refractivity contribution >= 4 is 11.6 Å². The normalized spacial score (nSPS) is 15.6. The molecular weight excluding hydrogens is 318 g/mol. The van der Waals surface area contributed by atoms with E-state index >= 15 is 0 Å². The van der Waals surface area contributed by atoms with E-state index in [2.05, 4.69) is 25.7 Å². The first-order chi connectivity index (χ1) is 11.5. The van der Waals surface area contributed by atoms with E-state index in [1.54, 1.807) is 0 Å². The Labute approximate surface area is 157 Å². The Balaban J connectivity index is 4.15. The predicted octanol–water partition coefficient (Wildman–Crippen LogP) is 6.39. The Hall–Kier alpha value is 0.210. The number of hydrogen-bond acceptors (Lipinski definition) is 2. The van der Waals surface area contributed by atoms with Crippen LogP contribution in [0, 0.1) is 0 Å². The smallest absolute Gasteiger partial charge is 0.0527 e. The highest BCUT2D eigenvalue weighted by Gasteiger charge is 2.22. The SMILES string of the molecule is CCCCCCCCCC(Cl)CC(CC(C)O)N(CCC)CCC. The molecule has 0 aliphatic carbocycles. The molecule has 0 spiro atoms. The Kier molecular flexibility index (Phi) is 16.8. The molecule has 3 heteroatoms. The zero-order chi connectivity index (χ0) is 18.2. The Morgan fingerprint density at radius 1 is 0.792 bits per heavy atom. The largest absolute Gasteiger partial charge is 0.393 e. The molecule has 0 saturated carbocycles. The maximum Gasteiger partial charge on any atom is 0.0527 e. The maximum absolute atomic E-state index is 9.87. The van der Waals surface area contributed by atoms with Gasteiger partial charge in [-0.2, -0.15) is 0 Å². The lowest BCUT2D eigenvalue weighted by atomic mass is 9.99. The van der Waals surface area contributed by atoms with Gasteiger partial charge < -0.3 is 10.0 Å². The second-order valence-electron chi connectivity index (χ2n) is 7.52. The first-order valence-corrected chi connectivity index (χ1v) is 11.0. The van der Waals surface area contributed by atoms with Gasteiger partial charge in [0.1, 0.15) is 0 Å². The van der Waals surface area contributed by atoms with Crippen LogP contribution in [0.25, 0.3) is 0 Å². The molecule has 146 valence electrons. The van der Waals surface area contributed by atoms with E-state index < -0.39 is 0 Å². The van der Waals surface area contributed by atoms with Gasteiger partial charge in [0.05, 0.1) is 6.10 Å². The van der Waals surface area contributed by atoms with Crippen molar-refractivity contribution in [3.8, 4) is 0 Å². The van der Waals surface area contributed by atoms with Crippen LogP contribution in [-0.2, 0) is 0 Å². The van der Waals surface area contributed by atoms with Gasteiger partial charge in [0.2, 0.25) is 0 Å². The Bertz CT molecular complexity index is 254. The van der Waals surface area contributed by atoms with Crippen molar-refractivity contribution in [1.82, 2.24) is 4.90 Å². The lowest BCUT2D eigenvalue weighted by molar-refractivity contribution is 0.105. The maximum atomic E-state index is 9.87. The van der Waals surface area contributed by atoms with Crippen LogP contribution in [0.15, 0.2) is 0 Å². The van der Waals surface area contributed by atoms with Crippen molar-refractivity contribution < 1.29 is 5.11 Å². The molecular formula is C21H44ClNO. The molecule has 0 aromatic rings. The molecule has 0 fully saturated rings. The second-order valence-corrected chi connectivity index (χ2v) is 8.13. The minimum absolute atomic E-state index is 0.242. The van der Waals surface area contributed by atoms with Crippen molar-refractivity contribution in [1.29, 1.82) is 0 Å². The van der Waals surface area contributed by atoms with Crippen molar-refractivity contribution in [2.24, 2.45) is 0 Å². The number of hydrogen-bond donors (Lipinski definition) is 1. The summed E-state index contributed by atoms with van der Waals surface area (Å²) in [4.78, 5) is 2.55. The van der Waals surface area contributed by atoms with Crippen molar-refractivity contribution in [2.75, 3.05) is 13.1 Å². The summed E-state index contributed by atoms with van der Waals surface area (Å²) in [6.45, 7) is 10.9. The molecule has 0 saturated heterocycles. The number of alkyl halides is 1. The van der Waals surface area contributed by atoms with E-state index in [1.165, 1.54) is 57.8 Å². The minimum Gasteiger partial charge on any atom is -0.393 e. The summed E-state index contributed by atoms with van der Waals surface area (Å²) in [5, 5.41) is 10.1. The highest BCUT2D eigenvalue weighted by atomic mass is 35.5. The molecule has 2 nitrogen and oxygen atoms in total. The summed E-state index contributed by atoms with van der Waals surface area (Å²) < 4.78 is 0. The molecule has 24 heavy (non-hydrogen) atoms. The van der Waals surface area contributed by atoms with Gasteiger partial charge in [0, 0.05) is 11.4 Å². The van der Waals surface area contributed by atoms with Gasteiger partial charge in [0.15, 0.2) is 0 Å². The summed E-state index contributed by atoms with van der Waals surface area (Å²) >= 11 is 6.66. The van der Waals surface area contributed by atoms with E-state index in [4.69, 9.17) is 11.6 Å². The zero-order valence-corrected chi connectivity index (χ0v) is 17.7. The monoisotopic (exact) mass is 361 g/mol. The fraction of sp³-hybridized carbons (Fsp3) is 1.00. The molecule has 0 aromatic carbocycles. The fourth-order valence-corrected chi connectivity index (χ4v) is 3.94. The molecule has 1 N–H and O–H groups in total.